The number of aromatic hydroxyl groups is 2. The number of nitrogens with one attached hydrogen (secondary N) is 1. The molecule has 3 rings (SSSR count). The van der Waals surface area contributed by atoms with Gasteiger partial charge in [-0.25, -0.2) is 0 Å². The van der Waals surface area contributed by atoms with Crippen LogP contribution in [-0.2, 0) is 6.42 Å². The number of hydrogen-bond donors (Lipinski definition) is 3. The van der Waals surface area contributed by atoms with Gasteiger partial charge in [-0.2, -0.15) is 5.10 Å². The Labute approximate surface area is 124 Å². The zero-order valence-corrected chi connectivity index (χ0v) is 12.6. The van der Waals surface area contributed by atoms with Gasteiger partial charge in [-0.3, -0.25) is 5.10 Å². The van der Waals surface area contributed by atoms with Gasteiger partial charge in [0, 0.05) is 11.3 Å². The highest BCUT2D eigenvalue weighted by atomic mass is 16.3. The molecule has 3 N–H and O–H groups in total. The molecule has 110 valence electrons. The zero-order valence-electron chi connectivity index (χ0n) is 12.6. The highest BCUT2D eigenvalue weighted by Gasteiger charge is 2.21. The molecule has 1 heterocycles. The largest absolute Gasteiger partial charge is 0.504 e. The summed E-state index contributed by atoms with van der Waals surface area (Å²) in [4.78, 5) is 0. The molecule has 0 bridgehead atoms. The van der Waals surface area contributed by atoms with Crippen LogP contribution in [0.4, 0.5) is 0 Å². The Morgan fingerprint density at radius 1 is 1.05 bits per heavy atom. The number of H-pyrrole nitrogens is 1. The van der Waals surface area contributed by atoms with Crippen LogP contribution in [0, 0.1) is 13.8 Å². The first-order valence-corrected chi connectivity index (χ1v) is 7.26. The molecular weight excluding hydrogens is 264 g/mol. The van der Waals surface area contributed by atoms with Crippen LogP contribution in [-0.4, -0.2) is 20.4 Å². The van der Waals surface area contributed by atoms with Crippen LogP contribution >= 0.6 is 0 Å². The van der Waals surface area contributed by atoms with E-state index in [0.717, 1.165) is 47.4 Å². The maximum atomic E-state index is 9.82. The van der Waals surface area contributed by atoms with E-state index in [2.05, 4.69) is 24.0 Å². The maximum Gasteiger partial charge on any atom is 0.158 e. The summed E-state index contributed by atoms with van der Waals surface area (Å²) in [6.07, 6.45) is 3.02. The third-order valence-corrected chi connectivity index (χ3v) is 4.38. The van der Waals surface area contributed by atoms with Gasteiger partial charge < -0.3 is 10.2 Å². The lowest BCUT2D eigenvalue weighted by atomic mass is 9.92. The van der Waals surface area contributed by atoms with Crippen molar-refractivity contribution in [1.82, 2.24) is 10.2 Å². The molecule has 0 spiro atoms. The fourth-order valence-corrected chi connectivity index (χ4v) is 3.18. The van der Waals surface area contributed by atoms with E-state index < -0.39 is 0 Å². The summed E-state index contributed by atoms with van der Waals surface area (Å²) in [6.45, 7) is 6.10. The molecule has 0 amide bonds. The number of aromatic amines is 1. The SMILES string of the molecule is CC1=C(c2cc(O)c(O)cc2C)CCCc2c1n[nH]c2C. The Hall–Kier alpha value is -2.23. The Morgan fingerprint density at radius 2 is 1.76 bits per heavy atom. The molecule has 1 aromatic carbocycles. The number of nitrogens with zero attached hydrogens (tertiary/aromatic N) is 1. The van der Waals surface area contributed by atoms with Gasteiger partial charge >= 0.3 is 0 Å². The van der Waals surface area contributed by atoms with Crippen LogP contribution in [0.5, 0.6) is 11.5 Å². The standard InChI is InChI=1S/C17H20N2O2/c1-9-7-15(20)16(21)8-14(9)12-5-4-6-13-11(3)18-19-17(13)10(12)2/h7-8,20-21H,4-6H2,1-3H3,(H,18,19). The minimum absolute atomic E-state index is 0.0700. The van der Waals surface area contributed by atoms with Gasteiger partial charge in [0.1, 0.15) is 0 Å². The Kier molecular flexibility index (Phi) is 3.24. The predicted molar refractivity (Wildman–Crippen MR) is 83.3 cm³/mol. The van der Waals surface area contributed by atoms with Crippen LogP contribution in [0.15, 0.2) is 12.1 Å². The summed E-state index contributed by atoms with van der Waals surface area (Å²) in [5, 5.41) is 27.0. The molecule has 0 radical (unpaired) electrons. The van der Waals surface area contributed by atoms with E-state index in [-0.39, 0.29) is 11.5 Å². The van der Waals surface area contributed by atoms with Crippen molar-refractivity contribution in [3.63, 3.8) is 0 Å². The topological polar surface area (TPSA) is 69.1 Å². The van der Waals surface area contributed by atoms with Gasteiger partial charge in [0.25, 0.3) is 0 Å². The van der Waals surface area contributed by atoms with E-state index in [9.17, 15) is 10.2 Å². The van der Waals surface area contributed by atoms with Crippen molar-refractivity contribution in [1.29, 1.82) is 0 Å². The molecule has 0 aliphatic heterocycles. The van der Waals surface area contributed by atoms with Crippen LogP contribution in [0.3, 0.4) is 0 Å². The maximum absolute atomic E-state index is 9.82. The molecule has 4 heteroatoms. The van der Waals surface area contributed by atoms with E-state index in [1.807, 2.05) is 6.92 Å². The lowest BCUT2D eigenvalue weighted by Gasteiger charge is -2.13. The van der Waals surface area contributed by atoms with Crippen molar-refractivity contribution in [3.05, 3.63) is 40.2 Å². The molecule has 2 aromatic rings. The number of rotatable bonds is 1. The summed E-state index contributed by atoms with van der Waals surface area (Å²) in [6, 6.07) is 3.28. The number of phenols is 2. The normalized spacial score (nSPS) is 15.0. The van der Waals surface area contributed by atoms with E-state index in [1.54, 1.807) is 12.1 Å². The van der Waals surface area contributed by atoms with Gasteiger partial charge in [-0.05, 0) is 74.4 Å². The van der Waals surface area contributed by atoms with Crippen molar-refractivity contribution in [2.45, 2.75) is 40.0 Å². The van der Waals surface area contributed by atoms with Crippen LogP contribution < -0.4 is 0 Å². The fourth-order valence-electron chi connectivity index (χ4n) is 3.18. The van der Waals surface area contributed by atoms with Crippen molar-refractivity contribution in [3.8, 4) is 11.5 Å². The van der Waals surface area contributed by atoms with Crippen molar-refractivity contribution in [2.24, 2.45) is 0 Å². The zero-order chi connectivity index (χ0) is 15.1. The van der Waals surface area contributed by atoms with Crippen molar-refractivity contribution < 1.29 is 10.2 Å². The summed E-state index contributed by atoms with van der Waals surface area (Å²) >= 11 is 0. The van der Waals surface area contributed by atoms with E-state index in [4.69, 9.17) is 0 Å². The molecule has 4 nitrogen and oxygen atoms in total. The third kappa shape index (κ3) is 2.20. The predicted octanol–water partition coefficient (Wildman–Crippen LogP) is 3.70. The van der Waals surface area contributed by atoms with E-state index >= 15 is 0 Å². The average molecular weight is 284 g/mol. The molecule has 1 aliphatic rings. The van der Waals surface area contributed by atoms with E-state index in [1.165, 1.54) is 11.1 Å². The van der Waals surface area contributed by atoms with Crippen LogP contribution in [0.1, 0.15) is 47.8 Å². The lowest BCUT2D eigenvalue weighted by molar-refractivity contribution is 0.403. The number of phenolic OH excluding ortho intramolecular Hbond substituents is 2. The lowest BCUT2D eigenvalue weighted by Crippen LogP contribution is -1.93. The number of benzene rings is 1. The fraction of sp³-hybridized carbons (Fsp3) is 0.353. The second kappa shape index (κ2) is 4.95. The monoisotopic (exact) mass is 284 g/mol. The first-order valence-electron chi connectivity index (χ1n) is 7.26. The highest BCUT2D eigenvalue weighted by Crippen LogP contribution is 2.39. The minimum atomic E-state index is -0.0708. The highest BCUT2D eigenvalue weighted by molar-refractivity contribution is 5.91. The van der Waals surface area contributed by atoms with Crippen molar-refractivity contribution in [2.75, 3.05) is 0 Å². The second-order valence-corrected chi connectivity index (χ2v) is 5.79. The Bertz CT molecular complexity index is 741. The summed E-state index contributed by atoms with van der Waals surface area (Å²) in [7, 11) is 0. The summed E-state index contributed by atoms with van der Waals surface area (Å²) < 4.78 is 0. The first kappa shape index (κ1) is 13.7. The molecule has 0 saturated carbocycles. The first-order chi connectivity index (χ1) is 9.99. The molecule has 0 atom stereocenters. The smallest absolute Gasteiger partial charge is 0.158 e. The number of hydrogen-bond acceptors (Lipinski definition) is 3. The molecule has 21 heavy (non-hydrogen) atoms. The second-order valence-electron chi connectivity index (χ2n) is 5.79. The van der Waals surface area contributed by atoms with E-state index in [0.29, 0.717) is 0 Å². The average Bonchev–Trinajstić information content (AvgIpc) is 2.71. The molecular formula is C17H20N2O2. The third-order valence-electron chi connectivity index (χ3n) is 4.38. The molecule has 0 fully saturated rings. The number of fused-ring (bicyclic) bond motifs is 1. The van der Waals surface area contributed by atoms with Crippen LogP contribution in [0.2, 0.25) is 0 Å². The van der Waals surface area contributed by atoms with Gasteiger partial charge in [-0.1, -0.05) is 0 Å². The van der Waals surface area contributed by atoms with Gasteiger partial charge in [0.15, 0.2) is 11.5 Å². The van der Waals surface area contributed by atoms with Crippen LogP contribution in [0.25, 0.3) is 11.1 Å². The quantitative estimate of drug-likeness (QED) is 0.699. The van der Waals surface area contributed by atoms with Gasteiger partial charge in [0.2, 0.25) is 0 Å². The molecule has 1 aliphatic carbocycles. The summed E-state index contributed by atoms with van der Waals surface area (Å²) in [5.74, 6) is -0.141. The van der Waals surface area contributed by atoms with Gasteiger partial charge in [-0.15, -0.1) is 0 Å². The Morgan fingerprint density at radius 3 is 2.52 bits per heavy atom. The minimum Gasteiger partial charge on any atom is -0.504 e. The molecule has 1 aromatic heterocycles. The summed E-state index contributed by atoms with van der Waals surface area (Å²) in [5.41, 5.74) is 7.78. The van der Waals surface area contributed by atoms with Crippen molar-refractivity contribution >= 4 is 11.1 Å². The number of aromatic nitrogens is 2. The molecule has 0 unspecified atom stereocenters. The molecule has 0 saturated heterocycles. The Balaban J connectivity index is 2.20. The number of allylic oxidation sites excluding steroid dienone is 2. The van der Waals surface area contributed by atoms with Gasteiger partial charge in [0.05, 0.1) is 5.69 Å². The number of aryl methyl sites for hydroxylation is 2.